The maximum absolute atomic E-state index is 8.95. The lowest BCUT2D eigenvalue weighted by Gasteiger charge is -2.31. The van der Waals surface area contributed by atoms with E-state index < -0.39 is 0 Å². The fourth-order valence-electron chi connectivity index (χ4n) is 2.32. The number of hydrogen-bond donors (Lipinski definition) is 1. The predicted octanol–water partition coefficient (Wildman–Crippen LogP) is 0.478. The second-order valence-electron chi connectivity index (χ2n) is 4.22. The van der Waals surface area contributed by atoms with E-state index in [1.165, 1.54) is 6.42 Å². The van der Waals surface area contributed by atoms with Crippen LogP contribution in [0, 0.1) is 5.92 Å². The molecule has 3 nitrogen and oxygen atoms in total. The average molecular weight is 185 g/mol. The van der Waals surface area contributed by atoms with Crippen molar-refractivity contribution in [3.8, 4) is 0 Å². The summed E-state index contributed by atoms with van der Waals surface area (Å²) in [6.45, 7) is 2.67. The first kappa shape index (κ1) is 9.44. The van der Waals surface area contributed by atoms with Crippen LogP contribution in [0.15, 0.2) is 0 Å². The molecule has 0 aromatic rings. The highest BCUT2D eigenvalue weighted by Crippen LogP contribution is 2.36. The van der Waals surface area contributed by atoms with Gasteiger partial charge in [0, 0.05) is 32.8 Å². The maximum Gasteiger partial charge on any atom is 0.0595 e. The van der Waals surface area contributed by atoms with Crippen molar-refractivity contribution < 1.29 is 9.84 Å². The van der Waals surface area contributed by atoms with E-state index in [0.29, 0.717) is 24.7 Å². The lowest BCUT2D eigenvalue weighted by Crippen LogP contribution is -2.38. The minimum absolute atomic E-state index is 0.370. The van der Waals surface area contributed by atoms with Gasteiger partial charge in [-0.1, -0.05) is 0 Å². The maximum atomic E-state index is 8.95. The van der Waals surface area contributed by atoms with E-state index in [1.807, 2.05) is 0 Å². The molecule has 76 valence electrons. The predicted molar refractivity (Wildman–Crippen MR) is 50.6 cm³/mol. The SMILES string of the molecule is COC1CCN(C2CC2CO)CC1. The standard InChI is InChI=1S/C10H19NO2/c1-13-9-2-4-11(5-3-9)10-6-8(10)7-12/h8-10,12H,2-7H2,1H3. The highest BCUT2D eigenvalue weighted by atomic mass is 16.5. The van der Waals surface area contributed by atoms with Crippen LogP contribution in [0.5, 0.6) is 0 Å². The first-order chi connectivity index (χ1) is 6.35. The number of hydrogen-bond acceptors (Lipinski definition) is 3. The van der Waals surface area contributed by atoms with Crippen LogP contribution in [0.3, 0.4) is 0 Å². The molecule has 0 aromatic carbocycles. The number of ether oxygens (including phenoxy) is 1. The Morgan fingerprint density at radius 3 is 2.54 bits per heavy atom. The van der Waals surface area contributed by atoms with E-state index in [2.05, 4.69) is 4.90 Å². The summed E-state index contributed by atoms with van der Waals surface area (Å²) >= 11 is 0. The van der Waals surface area contributed by atoms with Crippen LogP contribution in [0.1, 0.15) is 19.3 Å². The molecular weight excluding hydrogens is 166 g/mol. The summed E-state index contributed by atoms with van der Waals surface area (Å²) in [6.07, 6.45) is 3.99. The molecule has 1 saturated carbocycles. The summed E-state index contributed by atoms with van der Waals surface area (Å²) in [4.78, 5) is 2.51. The summed E-state index contributed by atoms with van der Waals surface area (Å²) in [5.74, 6) is 0.569. The highest BCUT2D eigenvalue weighted by molar-refractivity contribution is 4.96. The molecule has 0 aromatic heterocycles. The summed E-state index contributed by atoms with van der Waals surface area (Å²) in [6, 6.07) is 0.683. The molecule has 0 radical (unpaired) electrons. The van der Waals surface area contributed by atoms with E-state index in [4.69, 9.17) is 9.84 Å². The Balaban J connectivity index is 1.73. The minimum Gasteiger partial charge on any atom is -0.396 e. The van der Waals surface area contributed by atoms with Crippen molar-refractivity contribution in [2.75, 3.05) is 26.8 Å². The molecule has 2 fully saturated rings. The second kappa shape index (κ2) is 3.95. The summed E-state index contributed by atoms with van der Waals surface area (Å²) in [5, 5.41) is 8.95. The van der Waals surface area contributed by atoms with Crippen LogP contribution < -0.4 is 0 Å². The van der Waals surface area contributed by atoms with Crippen molar-refractivity contribution in [2.24, 2.45) is 5.92 Å². The minimum atomic E-state index is 0.370. The quantitative estimate of drug-likeness (QED) is 0.694. The molecule has 1 saturated heterocycles. The molecular formula is C10H19NO2. The number of rotatable bonds is 3. The topological polar surface area (TPSA) is 32.7 Å². The lowest BCUT2D eigenvalue weighted by molar-refractivity contribution is 0.0362. The third-order valence-corrected chi connectivity index (χ3v) is 3.40. The number of piperidine rings is 1. The van der Waals surface area contributed by atoms with E-state index in [9.17, 15) is 0 Å². The Hall–Kier alpha value is -0.120. The van der Waals surface area contributed by atoms with E-state index in [-0.39, 0.29) is 0 Å². The van der Waals surface area contributed by atoms with Gasteiger partial charge in [0.05, 0.1) is 6.10 Å². The van der Waals surface area contributed by atoms with Gasteiger partial charge in [0.15, 0.2) is 0 Å². The van der Waals surface area contributed by atoms with Crippen LogP contribution in [-0.2, 0) is 4.74 Å². The Labute approximate surface area is 79.7 Å². The van der Waals surface area contributed by atoms with Gasteiger partial charge in [0.25, 0.3) is 0 Å². The van der Waals surface area contributed by atoms with E-state index in [0.717, 1.165) is 25.9 Å². The van der Waals surface area contributed by atoms with Crippen molar-refractivity contribution in [3.63, 3.8) is 0 Å². The van der Waals surface area contributed by atoms with Gasteiger partial charge in [-0.3, -0.25) is 4.90 Å². The summed E-state index contributed by atoms with van der Waals surface area (Å²) < 4.78 is 5.32. The zero-order valence-corrected chi connectivity index (χ0v) is 8.28. The Morgan fingerprint density at radius 2 is 2.08 bits per heavy atom. The van der Waals surface area contributed by atoms with Gasteiger partial charge in [0.1, 0.15) is 0 Å². The fraction of sp³-hybridized carbons (Fsp3) is 1.00. The first-order valence-corrected chi connectivity index (χ1v) is 5.23. The van der Waals surface area contributed by atoms with Gasteiger partial charge in [0.2, 0.25) is 0 Å². The van der Waals surface area contributed by atoms with E-state index in [1.54, 1.807) is 7.11 Å². The van der Waals surface area contributed by atoms with Gasteiger partial charge < -0.3 is 9.84 Å². The molecule has 0 spiro atoms. The van der Waals surface area contributed by atoms with Gasteiger partial charge >= 0.3 is 0 Å². The van der Waals surface area contributed by atoms with E-state index >= 15 is 0 Å². The van der Waals surface area contributed by atoms with Crippen molar-refractivity contribution >= 4 is 0 Å². The molecule has 1 heterocycles. The zero-order valence-electron chi connectivity index (χ0n) is 8.28. The number of methoxy groups -OCH3 is 1. The third kappa shape index (κ3) is 2.03. The smallest absolute Gasteiger partial charge is 0.0595 e. The molecule has 0 amide bonds. The molecule has 2 atom stereocenters. The monoisotopic (exact) mass is 185 g/mol. The number of nitrogens with zero attached hydrogens (tertiary/aromatic N) is 1. The molecule has 2 unspecified atom stereocenters. The molecule has 1 N–H and O–H groups in total. The van der Waals surface area contributed by atoms with Crippen molar-refractivity contribution in [1.29, 1.82) is 0 Å². The van der Waals surface area contributed by atoms with Crippen molar-refractivity contribution in [2.45, 2.75) is 31.4 Å². The van der Waals surface area contributed by atoms with Crippen LogP contribution in [-0.4, -0.2) is 49.0 Å². The molecule has 0 bridgehead atoms. The number of likely N-dealkylation sites (tertiary alicyclic amines) is 1. The van der Waals surface area contributed by atoms with Crippen molar-refractivity contribution in [1.82, 2.24) is 4.90 Å². The zero-order chi connectivity index (χ0) is 9.26. The normalized spacial score (nSPS) is 36.5. The summed E-state index contributed by atoms with van der Waals surface area (Å²) in [7, 11) is 1.80. The fourth-order valence-corrected chi connectivity index (χ4v) is 2.32. The molecule has 1 aliphatic heterocycles. The van der Waals surface area contributed by atoms with Gasteiger partial charge in [-0.05, 0) is 25.2 Å². The Morgan fingerprint density at radius 1 is 1.38 bits per heavy atom. The molecule has 2 rings (SSSR count). The first-order valence-electron chi connectivity index (χ1n) is 5.23. The Bertz CT molecular complexity index is 166. The van der Waals surface area contributed by atoms with Crippen LogP contribution in [0.25, 0.3) is 0 Å². The average Bonchev–Trinajstić information content (AvgIpc) is 2.97. The van der Waals surface area contributed by atoms with Crippen LogP contribution in [0.4, 0.5) is 0 Å². The molecule has 1 aliphatic carbocycles. The van der Waals surface area contributed by atoms with Crippen molar-refractivity contribution in [3.05, 3.63) is 0 Å². The van der Waals surface area contributed by atoms with Gasteiger partial charge in [-0.2, -0.15) is 0 Å². The Kier molecular flexibility index (Phi) is 2.86. The second-order valence-corrected chi connectivity index (χ2v) is 4.22. The lowest BCUT2D eigenvalue weighted by atomic mass is 10.1. The largest absolute Gasteiger partial charge is 0.396 e. The molecule has 13 heavy (non-hydrogen) atoms. The van der Waals surface area contributed by atoms with Gasteiger partial charge in [-0.15, -0.1) is 0 Å². The van der Waals surface area contributed by atoms with Crippen LogP contribution >= 0.6 is 0 Å². The molecule has 3 heteroatoms. The summed E-state index contributed by atoms with van der Waals surface area (Å²) in [5.41, 5.74) is 0. The third-order valence-electron chi connectivity index (χ3n) is 3.40. The van der Waals surface area contributed by atoms with Gasteiger partial charge in [-0.25, -0.2) is 0 Å². The highest BCUT2D eigenvalue weighted by Gasteiger charge is 2.41. The number of aliphatic hydroxyl groups excluding tert-OH is 1. The number of aliphatic hydroxyl groups is 1. The molecule has 2 aliphatic rings. The van der Waals surface area contributed by atoms with Crippen LogP contribution in [0.2, 0.25) is 0 Å².